The molecule has 0 N–H and O–H groups in total. The minimum absolute atomic E-state index is 0.256. The highest BCUT2D eigenvalue weighted by atomic mass is 35.5. The standard InChI is InChI=1S/C23H15Cl2NO3S/c1-29-16-10-8-15(9-11-16)26-22(27)20(18-12-7-14(24)13-19(18)25)21(23(26)28)30-17-5-3-2-4-6-17/h2-13H,1H3. The van der Waals surface area contributed by atoms with Crippen molar-refractivity contribution in [1.82, 2.24) is 0 Å². The molecule has 7 heteroatoms. The van der Waals surface area contributed by atoms with E-state index in [1.165, 1.54) is 11.8 Å². The van der Waals surface area contributed by atoms with Crippen LogP contribution in [0.4, 0.5) is 5.69 Å². The minimum Gasteiger partial charge on any atom is -0.497 e. The summed E-state index contributed by atoms with van der Waals surface area (Å²) in [5.41, 5.74) is 1.18. The predicted molar refractivity (Wildman–Crippen MR) is 121 cm³/mol. The molecule has 0 saturated carbocycles. The summed E-state index contributed by atoms with van der Waals surface area (Å²) in [6.07, 6.45) is 0. The number of thioether (sulfide) groups is 1. The van der Waals surface area contributed by atoms with Crippen LogP contribution in [-0.4, -0.2) is 18.9 Å². The van der Waals surface area contributed by atoms with Gasteiger partial charge in [0.05, 0.1) is 28.3 Å². The van der Waals surface area contributed by atoms with Crippen molar-refractivity contribution in [3.05, 3.63) is 93.3 Å². The number of halogens is 2. The fourth-order valence-electron chi connectivity index (χ4n) is 3.11. The van der Waals surface area contributed by atoms with Gasteiger partial charge in [0.25, 0.3) is 11.8 Å². The summed E-state index contributed by atoms with van der Waals surface area (Å²) in [6.45, 7) is 0. The van der Waals surface area contributed by atoms with Crippen LogP contribution in [0.2, 0.25) is 10.0 Å². The highest BCUT2D eigenvalue weighted by Gasteiger charge is 2.41. The van der Waals surface area contributed by atoms with Gasteiger partial charge in [0.1, 0.15) is 5.75 Å². The molecule has 0 atom stereocenters. The molecule has 3 aromatic carbocycles. The van der Waals surface area contributed by atoms with E-state index in [-0.39, 0.29) is 5.57 Å². The van der Waals surface area contributed by atoms with Gasteiger partial charge in [-0.15, -0.1) is 0 Å². The second kappa shape index (κ2) is 8.56. The molecule has 3 aromatic rings. The number of methoxy groups -OCH3 is 1. The zero-order valence-corrected chi connectivity index (χ0v) is 18.1. The highest BCUT2D eigenvalue weighted by molar-refractivity contribution is 8.04. The van der Waals surface area contributed by atoms with Crippen LogP contribution in [0.5, 0.6) is 5.75 Å². The van der Waals surface area contributed by atoms with Crippen LogP contribution < -0.4 is 9.64 Å². The zero-order valence-electron chi connectivity index (χ0n) is 15.8. The van der Waals surface area contributed by atoms with Gasteiger partial charge in [-0.25, -0.2) is 4.90 Å². The van der Waals surface area contributed by atoms with Crippen molar-refractivity contribution in [2.45, 2.75) is 4.90 Å². The Morgan fingerprint density at radius 3 is 2.20 bits per heavy atom. The first-order valence-corrected chi connectivity index (χ1v) is 10.5. The maximum absolute atomic E-state index is 13.4. The number of rotatable bonds is 5. The van der Waals surface area contributed by atoms with Crippen molar-refractivity contribution in [2.24, 2.45) is 0 Å². The predicted octanol–water partition coefficient (Wildman–Crippen LogP) is 6.08. The Morgan fingerprint density at radius 1 is 0.867 bits per heavy atom. The van der Waals surface area contributed by atoms with E-state index in [2.05, 4.69) is 0 Å². The van der Waals surface area contributed by atoms with E-state index >= 15 is 0 Å². The second-order valence-corrected chi connectivity index (χ2v) is 8.31. The Hall–Kier alpha value is -2.73. The van der Waals surface area contributed by atoms with E-state index in [1.807, 2.05) is 30.3 Å². The summed E-state index contributed by atoms with van der Waals surface area (Å²) in [5, 5.41) is 0.756. The van der Waals surface area contributed by atoms with Crippen LogP contribution in [0, 0.1) is 0 Å². The molecule has 1 aliphatic heterocycles. The summed E-state index contributed by atoms with van der Waals surface area (Å²) in [4.78, 5) is 29.1. The summed E-state index contributed by atoms with van der Waals surface area (Å²) in [5.74, 6) is -0.210. The Morgan fingerprint density at radius 2 is 1.57 bits per heavy atom. The van der Waals surface area contributed by atoms with Gasteiger partial charge in [0, 0.05) is 15.5 Å². The van der Waals surface area contributed by atoms with Crippen LogP contribution in [0.1, 0.15) is 5.56 Å². The van der Waals surface area contributed by atoms with Gasteiger partial charge >= 0.3 is 0 Å². The van der Waals surface area contributed by atoms with E-state index in [0.717, 1.165) is 9.80 Å². The number of anilines is 1. The molecule has 0 aliphatic carbocycles. The third-order valence-electron chi connectivity index (χ3n) is 4.54. The first kappa shape index (κ1) is 20.5. The van der Waals surface area contributed by atoms with Gasteiger partial charge in [-0.05, 0) is 48.5 Å². The average molecular weight is 456 g/mol. The van der Waals surface area contributed by atoms with Crippen molar-refractivity contribution < 1.29 is 14.3 Å². The van der Waals surface area contributed by atoms with Crippen LogP contribution in [-0.2, 0) is 9.59 Å². The van der Waals surface area contributed by atoms with Crippen molar-refractivity contribution >= 4 is 58.0 Å². The number of ether oxygens (including phenoxy) is 1. The van der Waals surface area contributed by atoms with E-state index < -0.39 is 11.8 Å². The molecule has 30 heavy (non-hydrogen) atoms. The first-order valence-electron chi connectivity index (χ1n) is 8.95. The Bertz CT molecular complexity index is 1160. The fourth-order valence-corrected chi connectivity index (χ4v) is 4.62. The Labute approximate surface area is 188 Å². The first-order chi connectivity index (χ1) is 14.5. The van der Waals surface area contributed by atoms with Gasteiger partial charge in [-0.2, -0.15) is 0 Å². The number of amides is 2. The van der Waals surface area contributed by atoms with Crippen molar-refractivity contribution in [1.29, 1.82) is 0 Å². The van der Waals surface area contributed by atoms with Gasteiger partial charge in [-0.3, -0.25) is 9.59 Å². The third-order valence-corrected chi connectivity index (χ3v) is 6.17. The van der Waals surface area contributed by atoms with E-state index in [4.69, 9.17) is 27.9 Å². The molecule has 0 unspecified atom stereocenters. The van der Waals surface area contributed by atoms with E-state index in [9.17, 15) is 9.59 Å². The molecule has 1 aliphatic rings. The second-order valence-electron chi connectivity index (χ2n) is 6.39. The summed E-state index contributed by atoms with van der Waals surface area (Å²) >= 11 is 13.7. The number of benzene rings is 3. The highest BCUT2D eigenvalue weighted by Crippen LogP contribution is 2.43. The summed E-state index contributed by atoms with van der Waals surface area (Å²) < 4.78 is 5.17. The Kier molecular flexibility index (Phi) is 5.86. The summed E-state index contributed by atoms with van der Waals surface area (Å²) in [6, 6.07) is 21.0. The van der Waals surface area contributed by atoms with E-state index in [1.54, 1.807) is 49.6 Å². The van der Waals surface area contributed by atoms with Crippen LogP contribution >= 0.6 is 35.0 Å². The normalized spacial score (nSPS) is 13.9. The molecule has 0 bridgehead atoms. The number of hydrogen-bond acceptors (Lipinski definition) is 4. The molecule has 0 fully saturated rings. The van der Waals surface area contributed by atoms with E-state index in [0.29, 0.717) is 32.0 Å². The van der Waals surface area contributed by atoms with Crippen molar-refractivity contribution in [2.75, 3.05) is 12.0 Å². The smallest absolute Gasteiger partial charge is 0.272 e. The maximum atomic E-state index is 13.4. The monoisotopic (exact) mass is 455 g/mol. The van der Waals surface area contributed by atoms with Gasteiger partial charge in [0.15, 0.2) is 0 Å². The van der Waals surface area contributed by atoms with Crippen molar-refractivity contribution in [3.63, 3.8) is 0 Å². The number of carbonyl (C=O) groups excluding carboxylic acids is 2. The molecule has 1 heterocycles. The molecule has 0 saturated heterocycles. The number of imide groups is 1. The summed E-state index contributed by atoms with van der Waals surface area (Å²) in [7, 11) is 1.55. The molecule has 0 radical (unpaired) electrons. The average Bonchev–Trinajstić information content (AvgIpc) is 2.99. The maximum Gasteiger partial charge on any atom is 0.272 e. The van der Waals surface area contributed by atoms with Crippen molar-refractivity contribution in [3.8, 4) is 5.75 Å². The molecular weight excluding hydrogens is 441 g/mol. The topological polar surface area (TPSA) is 46.6 Å². The molecular formula is C23H15Cl2NO3S. The molecule has 0 spiro atoms. The number of nitrogens with zero attached hydrogens (tertiary/aromatic N) is 1. The lowest BCUT2D eigenvalue weighted by Gasteiger charge is -2.15. The van der Waals surface area contributed by atoms with Crippen LogP contribution in [0.25, 0.3) is 5.57 Å². The quantitative estimate of drug-likeness (QED) is 0.437. The van der Waals surface area contributed by atoms with Gasteiger partial charge < -0.3 is 4.74 Å². The van der Waals surface area contributed by atoms with Gasteiger partial charge in [-0.1, -0.05) is 59.2 Å². The molecule has 4 rings (SSSR count). The van der Waals surface area contributed by atoms with Gasteiger partial charge in [0.2, 0.25) is 0 Å². The third kappa shape index (κ3) is 3.84. The Balaban J connectivity index is 1.83. The molecule has 150 valence electrons. The largest absolute Gasteiger partial charge is 0.497 e. The lowest BCUT2D eigenvalue weighted by molar-refractivity contribution is -0.119. The SMILES string of the molecule is COc1ccc(N2C(=O)C(Sc3ccccc3)=C(c3ccc(Cl)cc3Cl)C2=O)cc1. The molecule has 4 nitrogen and oxygen atoms in total. The molecule has 0 aromatic heterocycles. The molecule has 2 amide bonds. The number of carbonyl (C=O) groups is 2. The van der Waals surface area contributed by atoms with Crippen LogP contribution in [0.3, 0.4) is 0 Å². The number of hydrogen-bond donors (Lipinski definition) is 0. The fraction of sp³-hybridized carbons (Fsp3) is 0.0435. The minimum atomic E-state index is -0.437. The lowest BCUT2D eigenvalue weighted by atomic mass is 10.1. The zero-order chi connectivity index (χ0) is 21.3. The van der Waals surface area contributed by atoms with Crippen LogP contribution in [0.15, 0.2) is 82.6 Å². The lowest BCUT2D eigenvalue weighted by Crippen LogP contribution is -2.31.